The van der Waals surface area contributed by atoms with Gasteiger partial charge >= 0.3 is 0 Å². The second-order valence-corrected chi connectivity index (χ2v) is 13.5. The third-order valence-corrected chi connectivity index (χ3v) is 10.9. The molecular weight excluding hydrogens is 553 g/mol. The number of phenols is 1. The molecule has 0 aromatic heterocycles. The number of hydrogen-bond acceptors (Lipinski definition) is 4. The number of carbonyl (C=O) groups is 1. The largest absolute Gasteiger partial charge is 0.508 e. The summed E-state index contributed by atoms with van der Waals surface area (Å²) in [6.07, 6.45) is 4.15. The maximum absolute atomic E-state index is 16.1. The topological polar surface area (TPSA) is 70.0 Å². The molecule has 0 saturated heterocycles. The fourth-order valence-electron chi connectivity index (χ4n) is 8.84. The predicted octanol–water partition coefficient (Wildman–Crippen LogP) is 7.69. The molecule has 3 aliphatic rings. The molecular formula is C38H46FNO4. The monoisotopic (exact) mass is 599 g/mol. The van der Waals surface area contributed by atoms with E-state index in [0.717, 1.165) is 61.0 Å². The number of aliphatic hydroxyl groups excluding tert-OH is 1. The zero-order valence-corrected chi connectivity index (χ0v) is 26.0. The van der Waals surface area contributed by atoms with Gasteiger partial charge in [0.1, 0.15) is 17.7 Å². The van der Waals surface area contributed by atoms with Crippen LogP contribution in [0.3, 0.4) is 0 Å². The van der Waals surface area contributed by atoms with E-state index in [2.05, 4.69) is 19.1 Å². The van der Waals surface area contributed by atoms with E-state index in [1.807, 2.05) is 66.4 Å². The highest BCUT2D eigenvalue weighted by Gasteiger charge is 2.59. The molecule has 0 spiro atoms. The summed E-state index contributed by atoms with van der Waals surface area (Å²) in [4.78, 5) is 15.6. The highest BCUT2D eigenvalue weighted by Crippen LogP contribution is 2.63. The Morgan fingerprint density at radius 2 is 1.82 bits per heavy atom. The summed E-state index contributed by atoms with van der Waals surface area (Å²) in [6.45, 7) is 5.79. The zero-order valence-electron chi connectivity index (χ0n) is 26.0. The van der Waals surface area contributed by atoms with Crippen molar-refractivity contribution in [3.8, 4) is 11.5 Å². The van der Waals surface area contributed by atoms with Gasteiger partial charge in [0.15, 0.2) is 0 Å². The van der Waals surface area contributed by atoms with E-state index in [4.69, 9.17) is 4.74 Å². The Hall–Kier alpha value is -3.38. The van der Waals surface area contributed by atoms with Gasteiger partial charge in [-0.05, 0) is 122 Å². The number of hydrogen-bond donors (Lipinski definition) is 2. The molecule has 5 nitrogen and oxygen atoms in total. The zero-order chi connectivity index (χ0) is 30.8. The van der Waals surface area contributed by atoms with Crippen LogP contribution in [0, 0.1) is 23.2 Å². The molecule has 1 amide bonds. The van der Waals surface area contributed by atoms with Crippen LogP contribution in [0.4, 0.5) is 4.39 Å². The number of aliphatic hydroxyl groups is 1. The van der Waals surface area contributed by atoms with Crippen LogP contribution in [0.25, 0.3) is 0 Å². The number of unbranched alkanes of at least 4 members (excludes halogenated alkanes) is 1. The predicted molar refractivity (Wildman–Crippen MR) is 171 cm³/mol. The van der Waals surface area contributed by atoms with Crippen LogP contribution >= 0.6 is 0 Å². The van der Waals surface area contributed by atoms with E-state index < -0.39 is 12.3 Å². The quantitative estimate of drug-likeness (QED) is 0.234. The summed E-state index contributed by atoms with van der Waals surface area (Å²) in [5.41, 5.74) is 3.47. The Morgan fingerprint density at radius 3 is 2.57 bits per heavy atom. The lowest BCUT2D eigenvalue weighted by Gasteiger charge is -2.54. The number of phenolic OH excluding ortho intramolecular Hbond substituents is 1. The van der Waals surface area contributed by atoms with Gasteiger partial charge < -0.3 is 19.8 Å². The first-order valence-corrected chi connectivity index (χ1v) is 16.5. The van der Waals surface area contributed by atoms with E-state index >= 15 is 4.39 Å². The molecule has 3 aromatic carbocycles. The van der Waals surface area contributed by atoms with Gasteiger partial charge in [-0.1, -0.05) is 49.7 Å². The summed E-state index contributed by atoms with van der Waals surface area (Å²) >= 11 is 0. The number of alkyl halides is 1. The average Bonchev–Trinajstić information content (AvgIpc) is 3.32. The van der Waals surface area contributed by atoms with E-state index in [-0.39, 0.29) is 40.7 Å². The van der Waals surface area contributed by atoms with Gasteiger partial charge in [0.25, 0.3) is 5.91 Å². The number of halogens is 1. The molecule has 0 radical (unpaired) electrons. The van der Waals surface area contributed by atoms with Crippen molar-refractivity contribution in [3.63, 3.8) is 0 Å². The molecule has 2 fully saturated rings. The maximum atomic E-state index is 16.1. The molecule has 44 heavy (non-hydrogen) atoms. The maximum Gasteiger partial charge on any atom is 0.254 e. The molecule has 0 heterocycles. The van der Waals surface area contributed by atoms with Gasteiger partial charge in [-0.25, -0.2) is 4.39 Å². The summed E-state index contributed by atoms with van der Waals surface area (Å²) in [6, 6.07) is 22.9. The van der Waals surface area contributed by atoms with Crippen LogP contribution in [-0.2, 0) is 13.0 Å². The lowest BCUT2D eigenvalue weighted by Crippen LogP contribution is -2.51. The molecule has 6 heteroatoms. The Morgan fingerprint density at radius 1 is 1.05 bits per heavy atom. The number of aromatic hydroxyl groups is 1. The molecule has 6 unspecified atom stereocenters. The minimum Gasteiger partial charge on any atom is -0.508 e. The summed E-state index contributed by atoms with van der Waals surface area (Å²) in [5.74, 6) is 1.53. The molecule has 0 bridgehead atoms. The molecule has 0 aliphatic heterocycles. The molecule has 2 N–H and O–H groups in total. The van der Waals surface area contributed by atoms with Crippen molar-refractivity contribution in [3.05, 3.63) is 95.1 Å². The molecule has 234 valence electrons. The normalized spacial score (nSPS) is 28.9. The molecule has 2 saturated carbocycles. The fourth-order valence-corrected chi connectivity index (χ4v) is 8.84. The lowest BCUT2D eigenvalue weighted by atomic mass is 9.51. The number of rotatable bonds is 10. The number of carbonyl (C=O) groups excluding carboxylic acids is 1. The smallest absolute Gasteiger partial charge is 0.254 e. The number of ether oxygens (including phenoxy) is 1. The second-order valence-electron chi connectivity index (χ2n) is 13.5. The first-order valence-electron chi connectivity index (χ1n) is 16.5. The first-order chi connectivity index (χ1) is 21.3. The molecule has 3 aliphatic carbocycles. The van der Waals surface area contributed by atoms with Gasteiger partial charge in [-0.3, -0.25) is 4.79 Å². The Balaban J connectivity index is 1.18. The Labute approximate surface area is 261 Å². The van der Waals surface area contributed by atoms with Gasteiger partial charge in [0.05, 0.1) is 12.7 Å². The third-order valence-electron chi connectivity index (χ3n) is 10.9. The van der Waals surface area contributed by atoms with E-state index in [9.17, 15) is 15.0 Å². The van der Waals surface area contributed by atoms with Crippen molar-refractivity contribution in [1.82, 2.24) is 4.90 Å². The summed E-state index contributed by atoms with van der Waals surface area (Å²) in [5, 5.41) is 21.2. The minimum atomic E-state index is -1.01. The average molecular weight is 600 g/mol. The van der Waals surface area contributed by atoms with Crippen LogP contribution < -0.4 is 4.74 Å². The van der Waals surface area contributed by atoms with Crippen LogP contribution in [0.5, 0.6) is 11.5 Å². The van der Waals surface area contributed by atoms with Gasteiger partial charge in [0.2, 0.25) is 0 Å². The van der Waals surface area contributed by atoms with E-state index in [1.54, 1.807) is 6.07 Å². The first kappa shape index (κ1) is 30.6. The van der Waals surface area contributed by atoms with Crippen LogP contribution in [0.15, 0.2) is 72.8 Å². The molecule has 3 aromatic rings. The van der Waals surface area contributed by atoms with Crippen LogP contribution in [0.1, 0.15) is 85.3 Å². The number of benzene rings is 3. The third kappa shape index (κ3) is 5.98. The summed E-state index contributed by atoms with van der Waals surface area (Å²) < 4.78 is 21.7. The van der Waals surface area contributed by atoms with Crippen molar-refractivity contribution < 1.29 is 24.1 Å². The summed E-state index contributed by atoms with van der Waals surface area (Å²) in [7, 11) is 0. The molecule has 6 rings (SSSR count). The van der Waals surface area contributed by atoms with Crippen molar-refractivity contribution in [2.45, 2.75) is 83.5 Å². The Kier molecular flexibility index (Phi) is 9.00. The van der Waals surface area contributed by atoms with Gasteiger partial charge in [0, 0.05) is 24.6 Å². The number of fused-ring (bicyclic) bond motifs is 5. The van der Waals surface area contributed by atoms with Gasteiger partial charge in [-0.2, -0.15) is 0 Å². The minimum absolute atomic E-state index is 0.00213. The standard InChI is InChI=1S/C38H46FNO4/c1-3-44-30-15-12-26(13-16-30)37(43)40(24-25-9-5-4-6-10-25)20-8-7-11-27-21-28-22-29(41)14-17-31(28)36-33(39)23-38(2)32(35(27)36)18-19-34(38)42/h4-6,9-10,12-17,22,27,32-36,41-42H,3,7-8,11,18-21,23-24H2,1-2H3/t27?,32?,33?,34?,35?,36?,38-/m0/s1. The van der Waals surface area contributed by atoms with Crippen molar-refractivity contribution >= 4 is 5.91 Å². The van der Waals surface area contributed by atoms with Crippen molar-refractivity contribution in [2.75, 3.05) is 13.2 Å². The number of nitrogens with zero attached hydrogens (tertiary/aromatic N) is 1. The lowest BCUT2D eigenvalue weighted by molar-refractivity contribution is -0.0722. The van der Waals surface area contributed by atoms with Crippen LogP contribution in [-0.4, -0.2) is 46.4 Å². The van der Waals surface area contributed by atoms with Crippen molar-refractivity contribution in [1.29, 1.82) is 0 Å². The van der Waals surface area contributed by atoms with Crippen molar-refractivity contribution in [2.24, 2.45) is 23.2 Å². The van der Waals surface area contributed by atoms with Gasteiger partial charge in [-0.15, -0.1) is 0 Å². The highest BCUT2D eigenvalue weighted by molar-refractivity contribution is 5.94. The molecule has 7 atom stereocenters. The second kappa shape index (κ2) is 12.9. The highest BCUT2D eigenvalue weighted by atomic mass is 19.1. The number of amides is 1. The SMILES string of the molecule is CCOc1ccc(C(=O)N(CCCCC2Cc3cc(O)ccc3C3C(F)C[C@]4(C)C(O)CCC4C23)Cc2ccccc2)cc1. The van der Waals surface area contributed by atoms with E-state index in [1.165, 1.54) is 0 Å². The van der Waals surface area contributed by atoms with Crippen LogP contribution in [0.2, 0.25) is 0 Å². The Bertz CT molecular complexity index is 1430. The fraction of sp³-hybridized carbons (Fsp3) is 0.500. The van der Waals surface area contributed by atoms with E-state index in [0.29, 0.717) is 31.7 Å².